The molecule has 1 aromatic carbocycles. The molecule has 1 saturated carbocycles. The van der Waals surface area contributed by atoms with E-state index < -0.39 is 0 Å². The van der Waals surface area contributed by atoms with Crippen molar-refractivity contribution in [3.63, 3.8) is 0 Å². The summed E-state index contributed by atoms with van der Waals surface area (Å²) in [5.41, 5.74) is 1.63. The summed E-state index contributed by atoms with van der Waals surface area (Å²) in [5, 5.41) is 11.4. The molecule has 132 valence electrons. The minimum atomic E-state index is -0.293. The third-order valence-electron chi connectivity index (χ3n) is 5.91. The van der Waals surface area contributed by atoms with Gasteiger partial charge in [0, 0.05) is 36.3 Å². The van der Waals surface area contributed by atoms with Crippen LogP contribution in [0, 0.1) is 11.8 Å². The first-order valence-electron chi connectivity index (χ1n) is 9.01. The van der Waals surface area contributed by atoms with Crippen LogP contribution in [0.3, 0.4) is 0 Å². The highest BCUT2D eigenvalue weighted by atomic mass is 16.3. The molecule has 5 heteroatoms. The monoisotopic (exact) mass is 339 g/mol. The molecule has 2 heterocycles. The fraction of sp³-hybridized carbons (Fsp3) is 0.500. The molecule has 0 radical (unpaired) electrons. The van der Waals surface area contributed by atoms with E-state index in [9.17, 15) is 9.90 Å². The summed E-state index contributed by atoms with van der Waals surface area (Å²) in [6.45, 7) is 1.55. The SMILES string of the molecule is CN(C)[C@@H]1C[C@@H]2CN(C(=O)c3ccc4ncccc4c3)C[C@@H]2C[C@H]1O. The summed E-state index contributed by atoms with van der Waals surface area (Å²) in [7, 11) is 4.05. The highest BCUT2D eigenvalue weighted by Gasteiger charge is 2.43. The highest BCUT2D eigenvalue weighted by Crippen LogP contribution is 2.38. The lowest BCUT2D eigenvalue weighted by Gasteiger charge is -2.38. The van der Waals surface area contributed by atoms with Crippen LogP contribution in [0.1, 0.15) is 23.2 Å². The van der Waals surface area contributed by atoms with Gasteiger partial charge in [-0.2, -0.15) is 0 Å². The van der Waals surface area contributed by atoms with Crippen LogP contribution in [0.25, 0.3) is 10.9 Å². The normalized spacial score (nSPS) is 29.2. The third kappa shape index (κ3) is 3.02. The summed E-state index contributed by atoms with van der Waals surface area (Å²) < 4.78 is 0. The predicted molar refractivity (Wildman–Crippen MR) is 97.3 cm³/mol. The minimum Gasteiger partial charge on any atom is -0.391 e. The minimum absolute atomic E-state index is 0.0936. The third-order valence-corrected chi connectivity index (χ3v) is 5.91. The van der Waals surface area contributed by atoms with Crippen molar-refractivity contribution in [1.82, 2.24) is 14.8 Å². The maximum atomic E-state index is 13.0. The Kier molecular flexibility index (Phi) is 4.21. The Labute approximate surface area is 148 Å². The summed E-state index contributed by atoms with van der Waals surface area (Å²) in [4.78, 5) is 21.4. The number of aromatic nitrogens is 1. The van der Waals surface area contributed by atoms with Crippen molar-refractivity contribution < 1.29 is 9.90 Å². The Morgan fingerprint density at radius 1 is 1.20 bits per heavy atom. The number of likely N-dealkylation sites (tertiary alicyclic amines) is 1. The van der Waals surface area contributed by atoms with Gasteiger partial charge in [-0.3, -0.25) is 9.78 Å². The molecule has 1 aliphatic carbocycles. The molecule has 1 aliphatic heterocycles. The van der Waals surface area contributed by atoms with E-state index in [4.69, 9.17) is 0 Å². The van der Waals surface area contributed by atoms with Gasteiger partial charge in [0.25, 0.3) is 5.91 Å². The number of pyridine rings is 1. The first-order valence-corrected chi connectivity index (χ1v) is 9.01. The smallest absolute Gasteiger partial charge is 0.253 e. The van der Waals surface area contributed by atoms with E-state index in [2.05, 4.69) is 9.88 Å². The van der Waals surface area contributed by atoms with Crippen LogP contribution < -0.4 is 0 Å². The Bertz CT molecular complexity index is 791. The van der Waals surface area contributed by atoms with Crippen molar-refractivity contribution in [3.8, 4) is 0 Å². The molecule has 1 N–H and O–H groups in total. The molecule has 1 saturated heterocycles. The molecule has 1 aromatic heterocycles. The summed E-state index contributed by atoms with van der Waals surface area (Å²) in [5.74, 6) is 0.996. The lowest BCUT2D eigenvalue weighted by atomic mass is 9.77. The van der Waals surface area contributed by atoms with Crippen LogP contribution in [-0.4, -0.2) is 65.1 Å². The molecule has 4 atom stereocenters. The quantitative estimate of drug-likeness (QED) is 0.909. The molecule has 2 aliphatic rings. The van der Waals surface area contributed by atoms with E-state index >= 15 is 0 Å². The molecule has 25 heavy (non-hydrogen) atoms. The molecule has 0 unspecified atom stereocenters. The number of hydrogen-bond donors (Lipinski definition) is 1. The van der Waals surface area contributed by atoms with Gasteiger partial charge in [0.1, 0.15) is 0 Å². The van der Waals surface area contributed by atoms with Crippen molar-refractivity contribution in [2.24, 2.45) is 11.8 Å². The van der Waals surface area contributed by atoms with Crippen LogP contribution in [-0.2, 0) is 0 Å². The number of carbonyl (C=O) groups excluding carboxylic acids is 1. The largest absolute Gasteiger partial charge is 0.391 e. The zero-order chi connectivity index (χ0) is 17.6. The first-order chi connectivity index (χ1) is 12.0. The molecule has 2 fully saturated rings. The average molecular weight is 339 g/mol. The van der Waals surface area contributed by atoms with Gasteiger partial charge in [0.15, 0.2) is 0 Å². The number of likely N-dealkylation sites (N-methyl/N-ethyl adjacent to an activating group) is 1. The van der Waals surface area contributed by atoms with Crippen LogP contribution in [0.4, 0.5) is 0 Å². The van der Waals surface area contributed by atoms with Crippen molar-refractivity contribution >= 4 is 16.8 Å². The number of amides is 1. The van der Waals surface area contributed by atoms with Crippen molar-refractivity contribution in [3.05, 3.63) is 42.1 Å². The zero-order valence-electron chi connectivity index (χ0n) is 14.8. The summed E-state index contributed by atoms with van der Waals surface area (Å²) in [6, 6.07) is 9.80. The highest BCUT2D eigenvalue weighted by molar-refractivity contribution is 5.98. The first kappa shape index (κ1) is 16.5. The fourth-order valence-electron chi connectivity index (χ4n) is 4.52. The zero-order valence-corrected chi connectivity index (χ0v) is 14.8. The number of nitrogens with zero attached hydrogens (tertiary/aromatic N) is 3. The summed E-state index contributed by atoms with van der Waals surface area (Å²) >= 11 is 0. The van der Waals surface area contributed by atoms with Crippen LogP contribution >= 0.6 is 0 Å². The topological polar surface area (TPSA) is 56.7 Å². The molecule has 0 spiro atoms. The van der Waals surface area contributed by atoms with Crippen molar-refractivity contribution in [1.29, 1.82) is 0 Å². The van der Waals surface area contributed by atoms with E-state index in [-0.39, 0.29) is 18.1 Å². The number of carbonyl (C=O) groups is 1. The molecular formula is C20H25N3O2. The Morgan fingerprint density at radius 3 is 2.72 bits per heavy atom. The number of rotatable bonds is 2. The van der Waals surface area contributed by atoms with Gasteiger partial charge < -0.3 is 14.9 Å². The average Bonchev–Trinajstić information content (AvgIpc) is 3.02. The number of aliphatic hydroxyl groups is 1. The van der Waals surface area contributed by atoms with Crippen LogP contribution in [0.5, 0.6) is 0 Å². The second-order valence-corrected chi connectivity index (χ2v) is 7.71. The van der Waals surface area contributed by atoms with Gasteiger partial charge in [-0.15, -0.1) is 0 Å². The van der Waals surface area contributed by atoms with Crippen molar-refractivity contribution in [2.45, 2.75) is 25.0 Å². The van der Waals surface area contributed by atoms with Crippen LogP contribution in [0.15, 0.2) is 36.5 Å². The second kappa shape index (κ2) is 6.39. The number of hydrogen-bond acceptors (Lipinski definition) is 4. The Hall–Kier alpha value is -1.98. The van der Waals surface area contributed by atoms with Crippen LogP contribution in [0.2, 0.25) is 0 Å². The lowest BCUT2D eigenvalue weighted by Crippen LogP contribution is -2.46. The van der Waals surface area contributed by atoms with E-state index in [1.54, 1.807) is 6.20 Å². The van der Waals surface area contributed by atoms with Gasteiger partial charge in [0.2, 0.25) is 0 Å². The van der Waals surface area contributed by atoms with Gasteiger partial charge >= 0.3 is 0 Å². The maximum absolute atomic E-state index is 13.0. The van der Waals surface area contributed by atoms with Gasteiger partial charge in [-0.05, 0) is 63.0 Å². The van der Waals surface area contributed by atoms with Gasteiger partial charge in [0.05, 0.1) is 11.6 Å². The lowest BCUT2D eigenvalue weighted by molar-refractivity contribution is 0.00940. The Balaban J connectivity index is 1.52. The van der Waals surface area contributed by atoms with E-state index in [1.807, 2.05) is 49.3 Å². The molecule has 0 bridgehead atoms. The standard InChI is InChI=1S/C20H25N3O2/c1-22(2)18-9-15-11-23(12-16(15)10-19(18)24)20(25)14-5-6-17-13(8-14)4-3-7-21-17/h3-8,15-16,18-19,24H,9-12H2,1-2H3/t15-,16+,18-,19-/m1/s1. The number of benzene rings is 1. The van der Waals surface area contributed by atoms with Gasteiger partial charge in [-0.1, -0.05) is 6.07 Å². The Morgan fingerprint density at radius 2 is 1.96 bits per heavy atom. The fourth-order valence-corrected chi connectivity index (χ4v) is 4.52. The van der Waals surface area contributed by atoms with E-state index in [0.717, 1.165) is 42.4 Å². The maximum Gasteiger partial charge on any atom is 0.253 e. The molecule has 2 aromatic rings. The van der Waals surface area contributed by atoms with Crippen molar-refractivity contribution in [2.75, 3.05) is 27.2 Å². The second-order valence-electron chi connectivity index (χ2n) is 7.71. The predicted octanol–water partition coefficient (Wildman–Crippen LogP) is 2.01. The molecule has 1 amide bonds. The van der Waals surface area contributed by atoms with E-state index in [1.165, 1.54) is 0 Å². The molecule has 5 nitrogen and oxygen atoms in total. The molecular weight excluding hydrogens is 314 g/mol. The number of fused-ring (bicyclic) bond motifs is 2. The van der Waals surface area contributed by atoms with Gasteiger partial charge in [-0.25, -0.2) is 0 Å². The summed E-state index contributed by atoms with van der Waals surface area (Å²) in [6.07, 6.45) is 3.23. The number of aliphatic hydroxyl groups excluding tert-OH is 1. The van der Waals surface area contributed by atoms with E-state index in [0.29, 0.717) is 11.8 Å². The molecule has 4 rings (SSSR count).